The van der Waals surface area contributed by atoms with Gasteiger partial charge < -0.3 is 5.32 Å². The van der Waals surface area contributed by atoms with Crippen LogP contribution in [0.3, 0.4) is 0 Å². The van der Waals surface area contributed by atoms with Crippen molar-refractivity contribution in [3.63, 3.8) is 0 Å². The number of rotatable bonds is 6. The average molecular weight is 269 g/mol. The summed E-state index contributed by atoms with van der Waals surface area (Å²) in [6.45, 7) is 3.10. The molecule has 2 rings (SSSR count). The van der Waals surface area contributed by atoms with Crippen molar-refractivity contribution in [3.8, 4) is 0 Å². The van der Waals surface area contributed by atoms with E-state index in [4.69, 9.17) is 0 Å². The molecule has 0 bridgehead atoms. The number of hydrogen-bond acceptors (Lipinski definition) is 3. The molecule has 0 amide bonds. The number of nitrogens with zero attached hydrogens (tertiary/aromatic N) is 2. The van der Waals surface area contributed by atoms with E-state index in [1.165, 1.54) is 5.56 Å². The number of pyridine rings is 1. The molecule has 0 aliphatic heterocycles. The second-order valence-corrected chi connectivity index (χ2v) is 5.15. The fraction of sp³-hybridized carbons (Fsp3) is 0.353. The molecule has 0 saturated heterocycles. The third-order valence-electron chi connectivity index (χ3n) is 3.78. The molecule has 3 nitrogen and oxygen atoms in total. The van der Waals surface area contributed by atoms with Gasteiger partial charge in [0, 0.05) is 24.8 Å². The Hall–Kier alpha value is -1.71. The summed E-state index contributed by atoms with van der Waals surface area (Å²) in [5, 5.41) is 3.42. The number of hydrogen-bond donors (Lipinski definition) is 1. The normalized spacial score (nSPS) is 14.2. The molecule has 1 aromatic carbocycles. The minimum absolute atomic E-state index is 0.310. The fourth-order valence-electron chi connectivity index (χ4n) is 2.49. The lowest BCUT2D eigenvalue weighted by molar-refractivity contribution is 0.202. The molecule has 1 aromatic heterocycles. The number of benzene rings is 1. The zero-order valence-corrected chi connectivity index (χ0v) is 12.5. The number of likely N-dealkylation sites (N-methyl/N-ethyl adjacent to an activating group) is 2. The first kappa shape index (κ1) is 14.7. The van der Waals surface area contributed by atoms with Gasteiger partial charge in [0.05, 0.1) is 5.69 Å². The van der Waals surface area contributed by atoms with Crippen LogP contribution in [-0.4, -0.2) is 30.0 Å². The second-order valence-electron chi connectivity index (χ2n) is 5.15. The van der Waals surface area contributed by atoms with E-state index in [1.807, 2.05) is 25.4 Å². The largest absolute Gasteiger partial charge is 0.312 e. The molecule has 20 heavy (non-hydrogen) atoms. The highest BCUT2D eigenvalue weighted by molar-refractivity contribution is 5.20. The van der Waals surface area contributed by atoms with Gasteiger partial charge in [0.15, 0.2) is 0 Å². The van der Waals surface area contributed by atoms with Gasteiger partial charge in [-0.3, -0.25) is 9.88 Å². The smallest absolute Gasteiger partial charge is 0.0543 e. The van der Waals surface area contributed by atoms with Gasteiger partial charge in [-0.15, -0.1) is 0 Å². The Morgan fingerprint density at radius 2 is 1.80 bits per heavy atom. The van der Waals surface area contributed by atoms with Crippen molar-refractivity contribution < 1.29 is 0 Å². The van der Waals surface area contributed by atoms with E-state index in [0.717, 1.165) is 12.2 Å². The molecule has 106 valence electrons. The van der Waals surface area contributed by atoms with Gasteiger partial charge in [-0.25, -0.2) is 0 Å². The summed E-state index contributed by atoms with van der Waals surface area (Å²) < 4.78 is 0. The maximum absolute atomic E-state index is 4.40. The van der Waals surface area contributed by atoms with Crippen LogP contribution in [0.5, 0.6) is 0 Å². The van der Waals surface area contributed by atoms with Crippen LogP contribution in [0.25, 0.3) is 0 Å². The molecule has 0 aliphatic rings. The molecule has 3 heteroatoms. The Morgan fingerprint density at radius 3 is 2.40 bits per heavy atom. The standard InChI is InChI=1S/C17H23N3/c1-14(17(18-2)15-9-5-4-6-10-15)20(3)13-16-11-7-8-12-19-16/h4-12,14,17-18H,13H2,1-3H3. The third-order valence-corrected chi connectivity index (χ3v) is 3.78. The van der Waals surface area contributed by atoms with Crippen molar-refractivity contribution in [3.05, 3.63) is 66.0 Å². The number of aromatic nitrogens is 1. The maximum atomic E-state index is 4.40. The highest BCUT2D eigenvalue weighted by Crippen LogP contribution is 2.20. The second kappa shape index (κ2) is 7.17. The SMILES string of the molecule is CNC(c1ccccc1)C(C)N(C)Cc1ccccn1. The molecule has 2 unspecified atom stereocenters. The van der Waals surface area contributed by atoms with Gasteiger partial charge in [0.1, 0.15) is 0 Å². The zero-order chi connectivity index (χ0) is 14.4. The molecule has 1 heterocycles. The summed E-state index contributed by atoms with van der Waals surface area (Å²) in [6, 6.07) is 17.3. The van der Waals surface area contributed by atoms with Crippen LogP contribution < -0.4 is 5.32 Å². The molecule has 0 radical (unpaired) electrons. The van der Waals surface area contributed by atoms with E-state index in [0.29, 0.717) is 12.1 Å². The first-order valence-electron chi connectivity index (χ1n) is 7.04. The average Bonchev–Trinajstić information content (AvgIpc) is 2.50. The molecule has 2 aromatic rings. The summed E-state index contributed by atoms with van der Waals surface area (Å²) in [7, 11) is 4.16. The lowest BCUT2D eigenvalue weighted by Crippen LogP contribution is -2.39. The first-order valence-corrected chi connectivity index (χ1v) is 7.04. The molecule has 2 atom stereocenters. The minimum Gasteiger partial charge on any atom is -0.312 e. The first-order chi connectivity index (χ1) is 9.72. The van der Waals surface area contributed by atoms with Crippen molar-refractivity contribution in [1.82, 2.24) is 15.2 Å². The Labute approximate surface area is 121 Å². The Morgan fingerprint density at radius 1 is 1.10 bits per heavy atom. The predicted molar refractivity (Wildman–Crippen MR) is 83.4 cm³/mol. The molecule has 0 aliphatic carbocycles. The van der Waals surface area contributed by atoms with E-state index >= 15 is 0 Å². The van der Waals surface area contributed by atoms with E-state index in [2.05, 4.69) is 65.6 Å². The minimum atomic E-state index is 0.310. The van der Waals surface area contributed by atoms with Crippen molar-refractivity contribution in [2.45, 2.75) is 25.6 Å². The molecule has 0 spiro atoms. The van der Waals surface area contributed by atoms with Crippen LogP contribution in [0.4, 0.5) is 0 Å². The summed E-state index contributed by atoms with van der Waals surface area (Å²) in [6.07, 6.45) is 1.85. The molecular weight excluding hydrogens is 246 g/mol. The van der Waals surface area contributed by atoms with Crippen molar-refractivity contribution in [2.75, 3.05) is 14.1 Å². The van der Waals surface area contributed by atoms with Gasteiger partial charge in [0.25, 0.3) is 0 Å². The molecular formula is C17H23N3. The maximum Gasteiger partial charge on any atom is 0.0543 e. The van der Waals surface area contributed by atoms with Gasteiger partial charge in [-0.05, 0) is 38.7 Å². The zero-order valence-electron chi connectivity index (χ0n) is 12.5. The van der Waals surface area contributed by atoms with E-state index in [-0.39, 0.29) is 0 Å². The van der Waals surface area contributed by atoms with E-state index in [1.54, 1.807) is 0 Å². The van der Waals surface area contributed by atoms with Crippen LogP contribution >= 0.6 is 0 Å². The fourth-order valence-corrected chi connectivity index (χ4v) is 2.49. The summed E-state index contributed by atoms with van der Waals surface area (Å²) in [5.74, 6) is 0. The Balaban J connectivity index is 2.06. The predicted octanol–water partition coefficient (Wildman–Crippen LogP) is 2.86. The Bertz CT molecular complexity index is 498. The highest BCUT2D eigenvalue weighted by Gasteiger charge is 2.21. The van der Waals surface area contributed by atoms with Gasteiger partial charge >= 0.3 is 0 Å². The van der Waals surface area contributed by atoms with Gasteiger partial charge in [-0.1, -0.05) is 36.4 Å². The van der Waals surface area contributed by atoms with Crippen LogP contribution in [0, 0.1) is 0 Å². The quantitative estimate of drug-likeness (QED) is 0.874. The van der Waals surface area contributed by atoms with E-state index in [9.17, 15) is 0 Å². The van der Waals surface area contributed by atoms with Crippen LogP contribution in [0.1, 0.15) is 24.2 Å². The van der Waals surface area contributed by atoms with Crippen LogP contribution in [0.2, 0.25) is 0 Å². The lowest BCUT2D eigenvalue weighted by atomic mass is 9.99. The Kier molecular flexibility index (Phi) is 5.27. The summed E-state index contributed by atoms with van der Waals surface area (Å²) >= 11 is 0. The van der Waals surface area contributed by atoms with E-state index < -0.39 is 0 Å². The lowest BCUT2D eigenvalue weighted by Gasteiger charge is -2.32. The van der Waals surface area contributed by atoms with Gasteiger partial charge in [0.2, 0.25) is 0 Å². The van der Waals surface area contributed by atoms with Gasteiger partial charge in [-0.2, -0.15) is 0 Å². The molecule has 0 fully saturated rings. The molecule has 1 N–H and O–H groups in total. The van der Waals surface area contributed by atoms with Crippen LogP contribution in [-0.2, 0) is 6.54 Å². The summed E-state index contributed by atoms with van der Waals surface area (Å²) in [5.41, 5.74) is 2.42. The number of nitrogens with one attached hydrogen (secondary N) is 1. The van der Waals surface area contributed by atoms with Crippen molar-refractivity contribution in [2.24, 2.45) is 0 Å². The summed E-state index contributed by atoms with van der Waals surface area (Å²) in [4.78, 5) is 6.73. The third kappa shape index (κ3) is 3.65. The van der Waals surface area contributed by atoms with Crippen LogP contribution in [0.15, 0.2) is 54.7 Å². The van der Waals surface area contributed by atoms with Crippen molar-refractivity contribution in [1.29, 1.82) is 0 Å². The van der Waals surface area contributed by atoms with Crippen molar-refractivity contribution >= 4 is 0 Å². The topological polar surface area (TPSA) is 28.2 Å². The highest BCUT2D eigenvalue weighted by atomic mass is 15.2. The molecule has 0 saturated carbocycles. The monoisotopic (exact) mass is 269 g/mol.